The Morgan fingerprint density at radius 3 is 2.89 bits per heavy atom. The van der Waals surface area contributed by atoms with Crippen LogP contribution in [0, 0.1) is 5.92 Å². The Labute approximate surface area is 115 Å². The smallest absolute Gasteiger partial charge is 0.231 e. The van der Waals surface area contributed by atoms with Crippen molar-refractivity contribution in [1.29, 1.82) is 0 Å². The molecule has 0 unspecified atom stereocenters. The molecule has 1 aliphatic heterocycles. The molecule has 0 bridgehead atoms. The van der Waals surface area contributed by atoms with Gasteiger partial charge >= 0.3 is 0 Å². The van der Waals surface area contributed by atoms with Gasteiger partial charge in [0, 0.05) is 19.0 Å². The number of nitrogens with zero attached hydrogens (tertiary/aromatic N) is 3. The average Bonchev–Trinajstić information content (AvgIpc) is 3.07. The highest BCUT2D eigenvalue weighted by Crippen LogP contribution is 2.29. The molecule has 19 heavy (non-hydrogen) atoms. The molecule has 1 aromatic rings. The average molecular weight is 280 g/mol. The summed E-state index contributed by atoms with van der Waals surface area (Å²) in [6.07, 6.45) is 4.86. The lowest BCUT2D eigenvalue weighted by Crippen LogP contribution is -2.35. The third-order valence-electron chi connectivity index (χ3n) is 3.88. The Morgan fingerprint density at radius 2 is 2.21 bits per heavy atom. The number of rotatable bonds is 3. The number of carbonyl (C=O) groups is 2. The molecule has 2 amide bonds. The van der Waals surface area contributed by atoms with Gasteiger partial charge in [0.25, 0.3) is 0 Å². The molecule has 0 aromatic carbocycles. The molecule has 1 atom stereocenters. The lowest BCUT2D eigenvalue weighted by Gasteiger charge is -2.23. The molecule has 1 aromatic heterocycles. The maximum absolute atomic E-state index is 12.1. The molecule has 0 radical (unpaired) electrons. The van der Waals surface area contributed by atoms with Crippen LogP contribution in [0.4, 0.5) is 5.13 Å². The van der Waals surface area contributed by atoms with E-state index < -0.39 is 0 Å². The number of carbonyl (C=O) groups excluding carboxylic acids is 2. The van der Waals surface area contributed by atoms with Gasteiger partial charge in [0.15, 0.2) is 0 Å². The van der Waals surface area contributed by atoms with Crippen LogP contribution in [0.3, 0.4) is 0 Å². The lowest BCUT2D eigenvalue weighted by atomic mass is 10.1. The predicted molar refractivity (Wildman–Crippen MR) is 70.6 cm³/mol. The van der Waals surface area contributed by atoms with Gasteiger partial charge in [0.05, 0.1) is 5.92 Å². The molecular weight excluding hydrogens is 264 g/mol. The quantitative estimate of drug-likeness (QED) is 0.904. The first-order chi connectivity index (χ1) is 9.24. The van der Waals surface area contributed by atoms with Crippen LogP contribution < -0.4 is 5.32 Å². The van der Waals surface area contributed by atoms with Crippen molar-refractivity contribution in [3.05, 3.63) is 5.51 Å². The van der Waals surface area contributed by atoms with Crippen molar-refractivity contribution in [2.45, 2.75) is 38.1 Å². The fourth-order valence-electron chi connectivity index (χ4n) is 2.91. The van der Waals surface area contributed by atoms with Crippen LogP contribution in [0.5, 0.6) is 0 Å². The van der Waals surface area contributed by atoms with Crippen LogP contribution >= 0.6 is 11.3 Å². The maximum Gasteiger partial charge on any atom is 0.231 e. The van der Waals surface area contributed by atoms with Gasteiger partial charge in [-0.1, -0.05) is 24.2 Å². The van der Waals surface area contributed by atoms with Crippen LogP contribution in [-0.4, -0.2) is 39.5 Å². The highest BCUT2D eigenvalue weighted by Gasteiger charge is 2.38. The number of amides is 2. The molecule has 2 heterocycles. The Balaban J connectivity index is 1.60. The lowest BCUT2D eigenvalue weighted by molar-refractivity contribution is -0.129. The van der Waals surface area contributed by atoms with Gasteiger partial charge in [-0.25, -0.2) is 0 Å². The SMILES string of the molecule is O=C(Nc1nncs1)[C@H]1CC(=O)N(C2CCCC2)C1. The molecule has 1 aliphatic carbocycles. The molecule has 1 N–H and O–H groups in total. The summed E-state index contributed by atoms with van der Waals surface area (Å²) in [4.78, 5) is 26.0. The molecule has 7 heteroatoms. The van der Waals surface area contributed by atoms with Crippen LogP contribution in [0.15, 0.2) is 5.51 Å². The van der Waals surface area contributed by atoms with Crippen molar-refractivity contribution in [3.8, 4) is 0 Å². The molecule has 2 fully saturated rings. The second-order valence-corrected chi connectivity index (χ2v) is 5.95. The number of hydrogen-bond donors (Lipinski definition) is 1. The molecule has 6 nitrogen and oxygen atoms in total. The number of aromatic nitrogens is 2. The largest absolute Gasteiger partial charge is 0.339 e. The second kappa shape index (κ2) is 5.24. The monoisotopic (exact) mass is 280 g/mol. The van der Waals surface area contributed by atoms with Crippen LogP contribution in [0.1, 0.15) is 32.1 Å². The molecule has 1 saturated heterocycles. The zero-order chi connectivity index (χ0) is 13.2. The molecule has 102 valence electrons. The Hall–Kier alpha value is -1.50. The summed E-state index contributed by atoms with van der Waals surface area (Å²) in [7, 11) is 0. The molecular formula is C12H16N4O2S. The fraction of sp³-hybridized carbons (Fsp3) is 0.667. The minimum absolute atomic E-state index is 0.115. The highest BCUT2D eigenvalue weighted by molar-refractivity contribution is 7.13. The van der Waals surface area contributed by atoms with Crippen molar-refractivity contribution < 1.29 is 9.59 Å². The molecule has 2 aliphatic rings. The van der Waals surface area contributed by atoms with Crippen molar-refractivity contribution in [3.63, 3.8) is 0 Å². The zero-order valence-corrected chi connectivity index (χ0v) is 11.4. The first-order valence-corrected chi connectivity index (χ1v) is 7.48. The highest BCUT2D eigenvalue weighted by atomic mass is 32.1. The Bertz CT molecular complexity index is 470. The van der Waals surface area contributed by atoms with Gasteiger partial charge in [-0.2, -0.15) is 0 Å². The number of nitrogens with one attached hydrogen (secondary N) is 1. The van der Waals surface area contributed by atoms with Crippen molar-refractivity contribution in [1.82, 2.24) is 15.1 Å². The Morgan fingerprint density at radius 1 is 1.42 bits per heavy atom. The van der Waals surface area contributed by atoms with Crippen LogP contribution in [-0.2, 0) is 9.59 Å². The van der Waals surface area contributed by atoms with Gasteiger partial charge in [-0.05, 0) is 12.8 Å². The van der Waals surface area contributed by atoms with Gasteiger partial charge in [0.2, 0.25) is 16.9 Å². The Kier molecular flexibility index (Phi) is 3.46. The van der Waals surface area contributed by atoms with E-state index in [2.05, 4.69) is 15.5 Å². The van der Waals surface area contributed by atoms with Crippen molar-refractivity contribution in [2.75, 3.05) is 11.9 Å². The summed E-state index contributed by atoms with van der Waals surface area (Å²) >= 11 is 1.28. The molecule has 0 spiro atoms. The standard InChI is InChI=1S/C12H16N4O2S/c17-10-5-8(6-16(10)9-3-1-2-4-9)11(18)14-12-15-13-7-19-12/h7-9H,1-6H2,(H,14,15,18)/t8-/m0/s1. The first-order valence-electron chi connectivity index (χ1n) is 6.60. The van der Waals surface area contributed by atoms with E-state index in [0.717, 1.165) is 12.8 Å². The van der Waals surface area contributed by atoms with Gasteiger partial charge in [0.1, 0.15) is 5.51 Å². The minimum Gasteiger partial charge on any atom is -0.339 e. The first kappa shape index (κ1) is 12.5. The van der Waals surface area contributed by atoms with E-state index in [-0.39, 0.29) is 17.7 Å². The molecule has 3 rings (SSSR count). The van der Waals surface area contributed by atoms with E-state index in [1.165, 1.54) is 24.2 Å². The summed E-state index contributed by atoms with van der Waals surface area (Å²) in [5, 5.41) is 10.7. The van der Waals surface area contributed by atoms with Crippen LogP contribution in [0.25, 0.3) is 0 Å². The third-order valence-corrected chi connectivity index (χ3v) is 4.49. The van der Waals surface area contributed by atoms with E-state index >= 15 is 0 Å². The predicted octanol–water partition coefficient (Wildman–Crippen LogP) is 1.27. The minimum atomic E-state index is -0.253. The summed E-state index contributed by atoms with van der Waals surface area (Å²) < 4.78 is 0. The number of hydrogen-bond acceptors (Lipinski definition) is 5. The van der Waals surface area contributed by atoms with Gasteiger partial charge in [-0.3, -0.25) is 9.59 Å². The van der Waals surface area contributed by atoms with Gasteiger partial charge in [-0.15, -0.1) is 10.2 Å². The summed E-state index contributed by atoms with van der Waals surface area (Å²) in [6.45, 7) is 0.550. The van der Waals surface area contributed by atoms with E-state index in [1.807, 2.05) is 4.90 Å². The fourth-order valence-corrected chi connectivity index (χ4v) is 3.36. The second-order valence-electron chi connectivity index (χ2n) is 5.12. The normalized spacial score (nSPS) is 24.1. The number of anilines is 1. The van der Waals surface area contributed by atoms with Gasteiger partial charge < -0.3 is 10.2 Å². The van der Waals surface area contributed by atoms with E-state index in [0.29, 0.717) is 24.1 Å². The maximum atomic E-state index is 12.1. The van der Waals surface area contributed by atoms with Crippen LogP contribution in [0.2, 0.25) is 0 Å². The summed E-state index contributed by atoms with van der Waals surface area (Å²) in [6, 6.07) is 0.354. The van der Waals surface area contributed by atoms with E-state index in [1.54, 1.807) is 5.51 Å². The third kappa shape index (κ3) is 2.60. The summed E-state index contributed by atoms with van der Waals surface area (Å²) in [5.74, 6) is -0.257. The van der Waals surface area contributed by atoms with E-state index in [4.69, 9.17) is 0 Å². The number of likely N-dealkylation sites (tertiary alicyclic amines) is 1. The van der Waals surface area contributed by atoms with Crippen molar-refractivity contribution >= 4 is 28.3 Å². The van der Waals surface area contributed by atoms with Crippen molar-refractivity contribution in [2.24, 2.45) is 5.92 Å². The zero-order valence-electron chi connectivity index (χ0n) is 10.5. The van der Waals surface area contributed by atoms with E-state index in [9.17, 15) is 9.59 Å². The topological polar surface area (TPSA) is 75.2 Å². The molecule has 1 saturated carbocycles. The summed E-state index contributed by atoms with van der Waals surface area (Å²) in [5.41, 5.74) is 1.57.